The fourth-order valence-corrected chi connectivity index (χ4v) is 3.06. The summed E-state index contributed by atoms with van der Waals surface area (Å²) in [5, 5.41) is 18.8. The van der Waals surface area contributed by atoms with Gasteiger partial charge in [0.25, 0.3) is 0 Å². The van der Waals surface area contributed by atoms with Crippen molar-refractivity contribution in [3.8, 4) is 6.07 Å². The molecule has 0 aliphatic carbocycles. The maximum atomic E-state index is 12.7. The molecule has 2 aromatic heterocycles. The molecule has 1 N–H and O–H groups in total. The van der Waals surface area contributed by atoms with E-state index in [0.717, 1.165) is 12.1 Å². The Morgan fingerprint density at radius 3 is 2.81 bits per heavy atom. The van der Waals surface area contributed by atoms with Crippen molar-refractivity contribution in [1.82, 2.24) is 20.5 Å². The van der Waals surface area contributed by atoms with E-state index in [4.69, 9.17) is 9.68 Å². The molecule has 0 spiro atoms. The summed E-state index contributed by atoms with van der Waals surface area (Å²) in [6.07, 6.45) is -4.44. The number of alkyl halides is 3. The molecule has 0 atom stereocenters. The molecule has 0 saturated carbocycles. The quantitative estimate of drug-likeness (QED) is 0.681. The van der Waals surface area contributed by atoms with E-state index in [1.807, 2.05) is 0 Å². The van der Waals surface area contributed by atoms with E-state index in [9.17, 15) is 18.0 Å². The van der Waals surface area contributed by atoms with Crippen LogP contribution in [0.3, 0.4) is 0 Å². The molecule has 0 fully saturated rings. The van der Waals surface area contributed by atoms with Gasteiger partial charge in [-0.1, -0.05) is 0 Å². The topological polar surface area (TPSA) is 105 Å². The zero-order chi connectivity index (χ0) is 18.7. The van der Waals surface area contributed by atoms with Crippen LogP contribution in [-0.2, 0) is 23.8 Å². The lowest BCUT2D eigenvalue weighted by atomic mass is 10.2. The molecule has 0 aliphatic rings. The Kier molecular flexibility index (Phi) is 4.85. The number of nitrogens with zero attached hydrogens (tertiary/aromatic N) is 4. The molecular weight excluding hydrogens is 371 g/mol. The molecule has 11 heteroatoms. The molecule has 0 saturated heterocycles. The Bertz CT molecular complexity index is 989. The van der Waals surface area contributed by atoms with Gasteiger partial charge in [0.1, 0.15) is 18.0 Å². The van der Waals surface area contributed by atoms with Crippen molar-refractivity contribution < 1.29 is 22.4 Å². The Morgan fingerprint density at radius 2 is 2.08 bits per heavy atom. The predicted molar refractivity (Wildman–Crippen MR) is 84.1 cm³/mol. The van der Waals surface area contributed by atoms with E-state index in [-0.39, 0.29) is 36.7 Å². The van der Waals surface area contributed by atoms with Crippen LogP contribution in [0, 0.1) is 11.3 Å². The minimum Gasteiger partial charge on any atom is -0.424 e. The molecule has 2 heterocycles. The normalized spacial score (nSPS) is 11.5. The lowest BCUT2D eigenvalue weighted by molar-refractivity contribution is -0.137. The van der Waals surface area contributed by atoms with Crippen molar-refractivity contribution in [1.29, 1.82) is 5.26 Å². The number of nitrogens with one attached hydrogen (secondary N) is 1. The van der Waals surface area contributed by atoms with Crippen LogP contribution >= 0.6 is 11.3 Å². The lowest BCUT2D eigenvalue weighted by Crippen LogP contribution is -2.25. The molecule has 1 amide bonds. The van der Waals surface area contributed by atoms with Crippen molar-refractivity contribution in [2.24, 2.45) is 0 Å². The highest BCUT2D eigenvalue weighted by molar-refractivity contribution is 7.18. The van der Waals surface area contributed by atoms with Crippen molar-refractivity contribution in [2.45, 2.75) is 19.0 Å². The number of halogens is 3. The molecular formula is C15H10F3N5O2S. The predicted octanol–water partition coefficient (Wildman–Crippen LogP) is 2.47. The van der Waals surface area contributed by atoms with Gasteiger partial charge in [0.05, 0.1) is 28.3 Å². The van der Waals surface area contributed by atoms with Gasteiger partial charge < -0.3 is 9.73 Å². The van der Waals surface area contributed by atoms with Gasteiger partial charge in [-0.2, -0.15) is 18.4 Å². The van der Waals surface area contributed by atoms with E-state index >= 15 is 0 Å². The first-order valence-electron chi connectivity index (χ1n) is 7.26. The SMILES string of the molecule is N#CCNC(=O)Cc1nnc(Cc2nc3cc(C(F)(F)F)ccc3s2)o1. The van der Waals surface area contributed by atoms with Crippen LogP contribution in [0.2, 0.25) is 0 Å². The smallest absolute Gasteiger partial charge is 0.416 e. The first kappa shape index (κ1) is 17.8. The van der Waals surface area contributed by atoms with E-state index in [0.29, 0.717) is 9.71 Å². The summed E-state index contributed by atoms with van der Waals surface area (Å²) in [6, 6.07) is 5.15. The first-order chi connectivity index (χ1) is 12.3. The van der Waals surface area contributed by atoms with Gasteiger partial charge in [0, 0.05) is 0 Å². The molecule has 0 bridgehead atoms. The molecule has 0 aliphatic heterocycles. The number of aromatic nitrogens is 3. The number of hydrogen-bond donors (Lipinski definition) is 1. The molecule has 3 aromatic rings. The number of carbonyl (C=O) groups excluding carboxylic acids is 1. The number of nitriles is 1. The van der Waals surface area contributed by atoms with E-state index in [1.54, 1.807) is 6.07 Å². The third-order valence-corrected chi connectivity index (χ3v) is 4.28. The van der Waals surface area contributed by atoms with E-state index in [1.165, 1.54) is 17.4 Å². The van der Waals surface area contributed by atoms with Gasteiger partial charge in [-0.05, 0) is 18.2 Å². The first-order valence-corrected chi connectivity index (χ1v) is 8.08. The van der Waals surface area contributed by atoms with Gasteiger partial charge in [0.2, 0.25) is 17.7 Å². The highest BCUT2D eigenvalue weighted by Crippen LogP contribution is 2.33. The van der Waals surface area contributed by atoms with Crippen LogP contribution in [0.25, 0.3) is 10.2 Å². The van der Waals surface area contributed by atoms with E-state index < -0.39 is 17.6 Å². The lowest BCUT2D eigenvalue weighted by Gasteiger charge is -2.04. The van der Waals surface area contributed by atoms with Crippen molar-refractivity contribution in [3.63, 3.8) is 0 Å². The number of rotatable bonds is 5. The van der Waals surface area contributed by atoms with Crippen molar-refractivity contribution in [3.05, 3.63) is 40.6 Å². The highest BCUT2D eigenvalue weighted by Gasteiger charge is 2.30. The molecule has 1 aromatic carbocycles. The Morgan fingerprint density at radius 1 is 1.31 bits per heavy atom. The van der Waals surface area contributed by atoms with Crippen LogP contribution < -0.4 is 5.32 Å². The number of carbonyl (C=O) groups is 1. The van der Waals surface area contributed by atoms with Crippen LogP contribution in [0.5, 0.6) is 0 Å². The number of amides is 1. The number of benzene rings is 1. The molecule has 3 rings (SSSR count). The van der Waals surface area contributed by atoms with Gasteiger partial charge in [-0.3, -0.25) is 4.79 Å². The molecule has 0 unspecified atom stereocenters. The second-order valence-corrected chi connectivity index (χ2v) is 6.28. The zero-order valence-electron chi connectivity index (χ0n) is 13.0. The van der Waals surface area contributed by atoms with Crippen LogP contribution in [-0.4, -0.2) is 27.6 Å². The van der Waals surface area contributed by atoms with Crippen LogP contribution in [0.15, 0.2) is 22.6 Å². The Balaban J connectivity index is 1.71. The van der Waals surface area contributed by atoms with Gasteiger partial charge in [-0.15, -0.1) is 21.5 Å². The average Bonchev–Trinajstić information content (AvgIpc) is 3.17. The third kappa shape index (κ3) is 4.15. The van der Waals surface area contributed by atoms with Gasteiger partial charge in [0.15, 0.2) is 0 Å². The summed E-state index contributed by atoms with van der Waals surface area (Å²) in [5.74, 6) is -0.152. The summed E-state index contributed by atoms with van der Waals surface area (Å²) in [7, 11) is 0. The summed E-state index contributed by atoms with van der Waals surface area (Å²) >= 11 is 1.22. The minimum atomic E-state index is -4.43. The summed E-state index contributed by atoms with van der Waals surface area (Å²) in [4.78, 5) is 15.6. The fourth-order valence-electron chi connectivity index (χ4n) is 2.13. The Hall–Kier alpha value is -3.00. The third-order valence-electron chi connectivity index (χ3n) is 3.25. The summed E-state index contributed by atoms with van der Waals surface area (Å²) < 4.78 is 44.2. The van der Waals surface area contributed by atoms with Crippen LogP contribution in [0.1, 0.15) is 22.4 Å². The Labute approximate surface area is 148 Å². The molecule has 7 nitrogen and oxygen atoms in total. The van der Waals surface area contributed by atoms with Crippen molar-refractivity contribution >= 4 is 27.5 Å². The molecule has 26 heavy (non-hydrogen) atoms. The van der Waals surface area contributed by atoms with Gasteiger partial charge in [-0.25, -0.2) is 4.98 Å². The van der Waals surface area contributed by atoms with Crippen molar-refractivity contribution in [2.75, 3.05) is 6.54 Å². The molecule has 134 valence electrons. The highest BCUT2D eigenvalue weighted by atomic mass is 32.1. The largest absolute Gasteiger partial charge is 0.424 e. The fraction of sp³-hybridized carbons (Fsp3) is 0.267. The zero-order valence-corrected chi connectivity index (χ0v) is 13.8. The maximum Gasteiger partial charge on any atom is 0.416 e. The summed E-state index contributed by atoms with van der Waals surface area (Å²) in [5.41, 5.74) is -0.513. The second-order valence-electron chi connectivity index (χ2n) is 5.17. The summed E-state index contributed by atoms with van der Waals surface area (Å²) in [6.45, 7) is -0.120. The maximum absolute atomic E-state index is 12.7. The number of fused-ring (bicyclic) bond motifs is 1. The van der Waals surface area contributed by atoms with Gasteiger partial charge >= 0.3 is 6.18 Å². The second kappa shape index (κ2) is 7.09. The molecule has 0 radical (unpaired) electrons. The average molecular weight is 381 g/mol. The number of hydrogen-bond acceptors (Lipinski definition) is 7. The van der Waals surface area contributed by atoms with E-state index in [2.05, 4.69) is 20.5 Å². The number of thiazole rings is 1. The monoisotopic (exact) mass is 381 g/mol. The standard InChI is InChI=1S/C15H10F3N5O2S/c16-15(17,18)8-1-2-10-9(5-8)21-14(26-10)7-13-23-22-12(25-13)6-11(24)20-4-3-19/h1-2,5H,4,6-7H2,(H,20,24). The van der Waals surface area contributed by atoms with Crippen LogP contribution in [0.4, 0.5) is 13.2 Å². The minimum absolute atomic E-state index is 0.0795.